The van der Waals surface area contributed by atoms with Crippen LogP contribution >= 0.6 is 11.8 Å². The van der Waals surface area contributed by atoms with Gasteiger partial charge in [-0.3, -0.25) is 24.0 Å². The molecule has 3 unspecified atom stereocenters. The highest BCUT2D eigenvalue weighted by Gasteiger charge is 2.25. The first kappa shape index (κ1) is 27.9. The largest absolute Gasteiger partial charge is 0.480 e. The maximum atomic E-state index is 12.5. The number of nitrogens with one attached hydrogen (secondary N) is 2. The molecule has 0 saturated heterocycles. The van der Waals surface area contributed by atoms with Crippen LogP contribution in [0.4, 0.5) is 0 Å². The molecule has 0 fully saturated rings. The molecule has 12 heteroatoms. The summed E-state index contributed by atoms with van der Waals surface area (Å²) in [6.07, 6.45) is -0.327. The molecular weight excluding hydrogens is 454 g/mol. The molecule has 2 amide bonds. The summed E-state index contributed by atoms with van der Waals surface area (Å²) in [6.45, 7) is 1.28. The summed E-state index contributed by atoms with van der Waals surface area (Å²) in [5.41, 5.74) is 6.22. The first-order valence-electron chi connectivity index (χ1n) is 10.2. The summed E-state index contributed by atoms with van der Waals surface area (Å²) in [4.78, 5) is 58.4. The quantitative estimate of drug-likeness (QED) is 0.217. The number of carbonyl (C=O) groups is 5. The van der Waals surface area contributed by atoms with Gasteiger partial charge in [0.05, 0.1) is 13.0 Å². The van der Waals surface area contributed by atoms with E-state index >= 15 is 0 Å². The standard InChI is InChI=1S/C21H29N3O8S/c1-2-32-19(28)10-16(13-6-4-3-5-7-13)33-12-15(20(29)23-11-18(26)27)24-17(25)9-8-14(22)21(30)31/h3-7,14-16H,2,8-12,22H2,1H3,(H,23,29)(H,24,25)(H,26,27)(H,30,31). The minimum absolute atomic E-state index is 0.0289. The molecule has 0 aromatic heterocycles. The van der Waals surface area contributed by atoms with Gasteiger partial charge in [-0.2, -0.15) is 11.8 Å². The zero-order valence-electron chi connectivity index (χ0n) is 18.2. The van der Waals surface area contributed by atoms with Crippen LogP contribution < -0.4 is 16.4 Å². The highest BCUT2D eigenvalue weighted by Crippen LogP contribution is 2.33. The molecule has 0 heterocycles. The van der Waals surface area contributed by atoms with Crippen molar-refractivity contribution in [3.8, 4) is 0 Å². The van der Waals surface area contributed by atoms with Crippen molar-refractivity contribution in [2.24, 2.45) is 5.73 Å². The normalized spacial score (nSPS) is 13.3. The fourth-order valence-corrected chi connectivity index (χ4v) is 3.93. The maximum Gasteiger partial charge on any atom is 0.322 e. The van der Waals surface area contributed by atoms with Gasteiger partial charge in [0.2, 0.25) is 11.8 Å². The smallest absolute Gasteiger partial charge is 0.322 e. The lowest BCUT2D eigenvalue weighted by molar-refractivity contribution is -0.143. The van der Waals surface area contributed by atoms with Gasteiger partial charge in [-0.25, -0.2) is 0 Å². The lowest BCUT2D eigenvalue weighted by Gasteiger charge is -2.22. The predicted molar refractivity (Wildman–Crippen MR) is 120 cm³/mol. The van der Waals surface area contributed by atoms with Crippen LogP contribution in [0.15, 0.2) is 30.3 Å². The third-order valence-corrected chi connectivity index (χ3v) is 5.72. The Kier molecular flexibility index (Phi) is 12.6. The third-order valence-electron chi connectivity index (χ3n) is 4.36. The lowest BCUT2D eigenvalue weighted by Crippen LogP contribution is -2.49. The van der Waals surface area contributed by atoms with E-state index in [0.717, 1.165) is 5.56 Å². The second-order valence-electron chi connectivity index (χ2n) is 6.96. The molecule has 0 bridgehead atoms. The van der Waals surface area contributed by atoms with Crippen molar-refractivity contribution in [3.05, 3.63) is 35.9 Å². The minimum atomic E-state index is -1.25. The number of benzene rings is 1. The Morgan fingerprint density at radius 1 is 1.12 bits per heavy atom. The Labute approximate surface area is 195 Å². The topological polar surface area (TPSA) is 185 Å². The van der Waals surface area contributed by atoms with E-state index in [2.05, 4.69) is 10.6 Å². The summed E-state index contributed by atoms with van der Waals surface area (Å²) in [5.74, 6) is -4.22. The van der Waals surface area contributed by atoms with Crippen LogP contribution in [0.3, 0.4) is 0 Å². The van der Waals surface area contributed by atoms with Gasteiger partial charge in [-0.05, 0) is 18.9 Å². The van der Waals surface area contributed by atoms with Crippen molar-refractivity contribution in [1.82, 2.24) is 10.6 Å². The number of hydrogen-bond acceptors (Lipinski definition) is 8. The summed E-state index contributed by atoms with van der Waals surface area (Å²) in [7, 11) is 0. The van der Waals surface area contributed by atoms with Crippen molar-refractivity contribution in [3.63, 3.8) is 0 Å². The second kappa shape index (κ2) is 14.9. The zero-order valence-corrected chi connectivity index (χ0v) is 19.0. The average Bonchev–Trinajstić information content (AvgIpc) is 2.78. The van der Waals surface area contributed by atoms with Crippen molar-refractivity contribution in [2.45, 2.75) is 43.5 Å². The number of aliphatic carboxylic acids is 2. The highest BCUT2D eigenvalue weighted by atomic mass is 32.2. The number of thioether (sulfide) groups is 1. The molecule has 182 valence electrons. The Morgan fingerprint density at radius 2 is 1.79 bits per heavy atom. The van der Waals surface area contributed by atoms with Gasteiger partial charge in [0, 0.05) is 17.4 Å². The van der Waals surface area contributed by atoms with Crippen molar-refractivity contribution in [2.75, 3.05) is 18.9 Å². The Bertz CT molecular complexity index is 821. The van der Waals surface area contributed by atoms with E-state index in [1.54, 1.807) is 19.1 Å². The van der Waals surface area contributed by atoms with Crippen LogP contribution in [-0.4, -0.2) is 70.9 Å². The molecule has 1 aromatic carbocycles. The summed E-state index contributed by atoms with van der Waals surface area (Å²) in [5, 5.41) is 22.0. The van der Waals surface area contributed by atoms with Crippen LogP contribution in [0, 0.1) is 0 Å². The summed E-state index contributed by atoms with van der Waals surface area (Å²) < 4.78 is 5.02. The van der Waals surface area contributed by atoms with E-state index in [4.69, 9.17) is 20.7 Å². The van der Waals surface area contributed by atoms with Crippen LogP contribution in [0.25, 0.3) is 0 Å². The van der Waals surface area contributed by atoms with E-state index in [1.165, 1.54) is 11.8 Å². The van der Waals surface area contributed by atoms with Gasteiger partial charge in [-0.1, -0.05) is 30.3 Å². The van der Waals surface area contributed by atoms with Gasteiger partial charge >= 0.3 is 17.9 Å². The number of rotatable bonds is 15. The predicted octanol–water partition coefficient (Wildman–Crippen LogP) is 0.292. The van der Waals surface area contributed by atoms with Gasteiger partial charge in [0.1, 0.15) is 18.6 Å². The van der Waals surface area contributed by atoms with Crippen LogP contribution in [-0.2, 0) is 28.7 Å². The molecule has 0 spiro atoms. The summed E-state index contributed by atoms with van der Waals surface area (Å²) in [6, 6.07) is 6.73. The fraction of sp³-hybridized carbons (Fsp3) is 0.476. The molecule has 6 N–H and O–H groups in total. The van der Waals surface area contributed by atoms with Crippen molar-refractivity contribution in [1.29, 1.82) is 0 Å². The molecule has 11 nitrogen and oxygen atoms in total. The molecule has 3 atom stereocenters. The van der Waals surface area contributed by atoms with Gasteiger partial charge in [-0.15, -0.1) is 0 Å². The molecule has 0 radical (unpaired) electrons. The van der Waals surface area contributed by atoms with Crippen LogP contribution in [0.5, 0.6) is 0 Å². The Balaban J connectivity index is 2.90. The van der Waals surface area contributed by atoms with Crippen LogP contribution in [0.1, 0.15) is 37.0 Å². The zero-order chi connectivity index (χ0) is 24.8. The molecule has 33 heavy (non-hydrogen) atoms. The van der Waals surface area contributed by atoms with Gasteiger partial charge in [0.25, 0.3) is 0 Å². The number of carbonyl (C=O) groups excluding carboxylic acids is 3. The number of nitrogens with two attached hydrogens (primary N) is 1. The van der Waals surface area contributed by atoms with E-state index < -0.39 is 48.4 Å². The number of esters is 1. The molecule has 1 rings (SSSR count). The number of ether oxygens (including phenoxy) is 1. The van der Waals surface area contributed by atoms with Crippen LogP contribution in [0.2, 0.25) is 0 Å². The SMILES string of the molecule is CCOC(=O)CC(SCC(NC(=O)CCC(N)C(=O)O)C(=O)NCC(=O)O)c1ccccc1. The van der Waals surface area contributed by atoms with Crippen molar-refractivity contribution < 1.29 is 38.9 Å². The number of carboxylic acids is 2. The van der Waals surface area contributed by atoms with E-state index in [9.17, 15) is 24.0 Å². The molecule has 0 aliphatic rings. The van der Waals surface area contributed by atoms with Gasteiger partial charge in [0.15, 0.2) is 0 Å². The molecule has 0 saturated carbocycles. The lowest BCUT2D eigenvalue weighted by atomic mass is 10.1. The van der Waals surface area contributed by atoms with E-state index in [-0.39, 0.29) is 36.9 Å². The van der Waals surface area contributed by atoms with E-state index in [1.807, 2.05) is 18.2 Å². The minimum Gasteiger partial charge on any atom is -0.480 e. The Morgan fingerprint density at radius 3 is 2.36 bits per heavy atom. The number of hydrogen-bond donors (Lipinski definition) is 5. The van der Waals surface area contributed by atoms with Gasteiger partial charge < -0.3 is 31.3 Å². The first-order valence-corrected chi connectivity index (χ1v) is 11.3. The number of amides is 2. The van der Waals surface area contributed by atoms with Crippen molar-refractivity contribution >= 4 is 41.5 Å². The Hall–Kier alpha value is -3.12. The van der Waals surface area contributed by atoms with E-state index in [0.29, 0.717) is 0 Å². The number of carboxylic acid groups (broad SMARTS) is 2. The molecular formula is C21H29N3O8S. The first-order chi connectivity index (χ1) is 15.6. The monoisotopic (exact) mass is 483 g/mol. The fourth-order valence-electron chi connectivity index (χ4n) is 2.67. The maximum absolute atomic E-state index is 12.5. The summed E-state index contributed by atoms with van der Waals surface area (Å²) >= 11 is 1.23. The highest BCUT2D eigenvalue weighted by molar-refractivity contribution is 7.99. The molecule has 1 aromatic rings. The third kappa shape index (κ3) is 11.3. The second-order valence-corrected chi connectivity index (χ2v) is 8.19. The average molecular weight is 484 g/mol. The molecule has 0 aliphatic carbocycles. The molecule has 0 aliphatic heterocycles.